The van der Waals surface area contributed by atoms with Crippen molar-refractivity contribution in [2.24, 2.45) is 5.92 Å². The fourth-order valence-corrected chi connectivity index (χ4v) is 4.49. The van der Waals surface area contributed by atoms with Crippen LogP contribution in [-0.2, 0) is 14.8 Å². The molecule has 1 heterocycles. The van der Waals surface area contributed by atoms with Gasteiger partial charge in [0, 0.05) is 19.2 Å². The number of piperidine rings is 1. The third kappa shape index (κ3) is 3.91. The van der Waals surface area contributed by atoms with Crippen LogP contribution in [0.1, 0.15) is 12.8 Å². The second-order valence-electron chi connectivity index (χ2n) is 6.13. The normalized spacial score (nSPS) is 18.5. The third-order valence-electron chi connectivity index (χ3n) is 4.32. The predicted octanol–water partition coefficient (Wildman–Crippen LogP) is 3.00. The molecule has 0 bridgehead atoms. The van der Waals surface area contributed by atoms with Crippen molar-refractivity contribution in [3.63, 3.8) is 0 Å². The van der Waals surface area contributed by atoms with Gasteiger partial charge in [0.2, 0.25) is 15.9 Å². The first-order valence-corrected chi connectivity index (χ1v) is 9.63. The molecular formula is C18H18F2N2O3S. The first kappa shape index (κ1) is 18.5. The van der Waals surface area contributed by atoms with Crippen LogP contribution in [0.5, 0.6) is 0 Å². The summed E-state index contributed by atoms with van der Waals surface area (Å²) >= 11 is 0. The molecule has 0 spiro atoms. The van der Waals surface area contributed by atoms with Crippen molar-refractivity contribution in [3.8, 4) is 0 Å². The first-order chi connectivity index (χ1) is 12.4. The summed E-state index contributed by atoms with van der Waals surface area (Å²) in [7, 11) is -3.69. The predicted molar refractivity (Wildman–Crippen MR) is 92.9 cm³/mol. The van der Waals surface area contributed by atoms with Crippen LogP contribution >= 0.6 is 0 Å². The number of carbonyl (C=O) groups excluding carboxylic acids is 1. The number of hydrogen-bond donors (Lipinski definition) is 1. The highest BCUT2D eigenvalue weighted by molar-refractivity contribution is 7.89. The third-order valence-corrected chi connectivity index (χ3v) is 6.20. The Labute approximate surface area is 150 Å². The van der Waals surface area contributed by atoms with Gasteiger partial charge in [0.05, 0.1) is 16.5 Å². The Morgan fingerprint density at radius 2 is 1.85 bits per heavy atom. The molecule has 1 N–H and O–H groups in total. The van der Waals surface area contributed by atoms with E-state index >= 15 is 0 Å². The first-order valence-electron chi connectivity index (χ1n) is 8.19. The minimum atomic E-state index is -3.69. The van der Waals surface area contributed by atoms with Crippen LogP contribution in [0.4, 0.5) is 14.5 Å². The van der Waals surface area contributed by atoms with E-state index in [0.717, 1.165) is 12.1 Å². The minimum absolute atomic E-state index is 0.0197. The molecule has 1 aliphatic heterocycles. The number of benzene rings is 2. The monoisotopic (exact) mass is 380 g/mol. The number of sulfonamides is 1. The summed E-state index contributed by atoms with van der Waals surface area (Å²) in [4.78, 5) is 12.6. The summed E-state index contributed by atoms with van der Waals surface area (Å²) in [6.45, 7) is 0.345. The molecule has 0 aromatic heterocycles. The van der Waals surface area contributed by atoms with E-state index in [9.17, 15) is 22.0 Å². The zero-order chi connectivity index (χ0) is 18.7. The molecular weight excluding hydrogens is 362 g/mol. The zero-order valence-electron chi connectivity index (χ0n) is 13.9. The summed E-state index contributed by atoms with van der Waals surface area (Å²) in [6, 6.07) is 10.9. The molecule has 2 aromatic rings. The maximum absolute atomic E-state index is 13.7. The molecule has 1 fully saturated rings. The molecule has 26 heavy (non-hydrogen) atoms. The standard InChI is InChI=1S/C18H18F2N2O3S/c19-14-8-9-17(16(20)11-14)21-18(23)13-5-4-10-22(12-13)26(24,25)15-6-2-1-3-7-15/h1-3,6-9,11,13H,4-5,10,12H2,(H,21,23). The average molecular weight is 380 g/mol. The second-order valence-corrected chi connectivity index (χ2v) is 8.07. The number of carbonyl (C=O) groups is 1. The molecule has 0 radical (unpaired) electrons. The minimum Gasteiger partial charge on any atom is -0.323 e. The van der Waals surface area contributed by atoms with E-state index in [1.807, 2.05) is 0 Å². The Bertz CT molecular complexity index is 904. The Kier molecular flexibility index (Phi) is 5.33. The second kappa shape index (κ2) is 7.51. The van der Waals surface area contributed by atoms with Crippen LogP contribution in [0.3, 0.4) is 0 Å². The number of nitrogens with one attached hydrogen (secondary N) is 1. The van der Waals surface area contributed by atoms with E-state index in [0.29, 0.717) is 25.5 Å². The molecule has 0 aliphatic carbocycles. The van der Waals surface area contributed by atoms with Gasteiger partial charge in [-0.25, -0.2) is 17.2 Å². The summed E-state index contributed by atoms with van der Waals surface area (Å²) in [5.74, 6) is -2.70. The fraction of sp³-hybridized carbons (Fsp3) is 0.278. The molecule has 5 nitrogen and oxygen atoms in total. The van der Waals surface area contributed by atoms with Gasteiger partial charge in [-0.15, -0.1) is 0 Å². The van der Waals surface area contributed by atoms with Crippen molar-refractivity contribution in [3.05, 3.63) is 60.2 Å². The Balaban J connectivity index is 1.73. The molecule has 1 amide bonds. The quantitative estimate of drug-likeness (QED) is 0.887. The SMILES string of the molecule is O=C(Nc1ccc(F)cc1F)C1CCCN(S(=O)(=O)c2ccccc2)C1. The molecule has 1 aliphatic rings. The van der Waals surface area contributed by atoms with Crippen LogP contribution < -0.4 is 5.32 Å². The van der Waals surface area contributed by atoms with Gasteiger partial charge in [0.15, 0.2) is 0 Å². The average Bonchev–Trinajstić information content (AvgIpc) is 2.65. The Hall–Kier alpha value is -2.32. The summed E-state index contributed by atoms with van der Waals surface area (Å²) in [6.07, 6.45) is 1.02. The molecule has 3 rings (SSSR count). The van der Waals surface area contributed by atoms with Gasteiger partial charge in [-0.05, 0) is 37.1 Å². The summed E-state index contributed by atoms with van der Waals surface area (Å²) in [5, 5.41) is 2.42. The Morgan fingerprint density at radius 3 is 2.54 bits per heavy atom. The van der Waals surface area contributed by atoms with Crippen LogP contribution in [-0.4, -0.2) is 31.7 Å². The van der Waals surface area contributed by atoms with Crippen LogP contribution in [0, 0.1) is 17.6 Å². The molecule has 2 aromatic carbocycles. The highest BCUT2D eigenvalue weighted by Gasteiger charge is 2.33. The summed E-state index contributed by atoms with van der Waals surface area (Å²) < 4.78 is 53.3. The van der Waals surface area contributed by atoms with E-state index in [1.54, 1.807) is 18.2 Å². The number of hydrogen-bond acceptors (Lipinski definition) is 3. The van der Waals surface area contributed by atoms with Gasteiger partial charge in [-0.1, -0.05) is 18.2 Å². The zero-order valence-corrected chi connectivity index (χ0v) is 14.7. The van der Waals surface area contributed by atoms with Gasteiger partial charge >= 0.3 is 0 Å². The number of halogens is 2. The molecule has 0 saturated carbocycles. The lowest BCUT2D eigenvalue weighted by Gasteiger charge is -2.31. The van der Waals surface area contributed by atoms with Crippen molar-refractivity contribution in [1.29, 1.82) is 0 Å². The van der Waals surface area contributed by atoms with Gasteiger partial charge in [-0.3, -0.25) is 4.79 Å². The van der Waals surface area contributed by atoms with Crippen LogP contribution in [0.2, 0.25) is 0 Å². The highest BCUT2D eigenvalue weighted by Crippen LogP contribution is 2.25. The van der Waals surface area contributed by atoms with Gasteiger partial charge < -0.3 is 5.32 Å². The highest BCUT2D eigenvalue weighted by atomic mass is 32.2. The van der Waals surface area contributed by atoms with Gasteiger partial charge in [0.1, 0.15) is 11.6 Å². The van der Waals surface area contributed by atoms with Crippen molar-refractivity contribution >= 4 is 21.6 Å². The molecule has 1 saturated heterocycles. The lowest BCUT2D eigenvalue weighted by Crippen LogP contribution is -2.43. The summed E-state index contributed by atoms with van der Waals surface area (Å²) in [5.41, 5.74) is -0.126. The fourth-order valence-electron chi connectivity index (χ4n) is 2.94. The number of amides is 1. The van der Waals surface area contributed by atoms with Crippen molar-refractivity contribution in [2.75, 3.05) is 18.4 Å². The maximum Gasteiger partial charge on any atom is 0.243 e. The van der Waals surface area contributed by atoms with E-state index in [4.69, 9.17) is 0 Å². The number of anilines is 1. The van der Waals surface area contributed by atoms with Gasteiger partial charge in [-0.2, -0.15) is 4.31 Å². The van der Waals surface area contributed by atoms with Crippen molar-refractivity contribution in [1.82, 2.24) is 4.31 Å². The number of rotatable bonds is 4. The lowest BCUT2D eigenvalue weighted by molar-refractivity contribution is -0.120. The van der Waals surface area contributed by atoms with E-state index in [2.05, 4.69) is 5.32 Å². The molecule has 1 atom stereocenters. The van der Waals surface area contributed by atoms with Crippen LogP contribution in [0.25, 0.3) is 0 Å². The Morgan fingerprint density at radius 1 is 1.12 bits per heavy atom. The van der Waals surface area contributed by atoms with E-state index in [1.165, 1.54) is 16.4 Å². The van der Waals surface area contributed by atoms with Crippen LogP contribution in [0.15, 0.2) is 53.4 Å². The van der Waals surface area contributed by atoms with E-state index in [-0.39, 0.29) is 17.1 Å². The van der Waals surface area contributed by atoms with Gasteiger partial charge in [0.25, 0.3) is 0 Å². The lowest BCUT2D eigenvalue weighted by atomic mass is 9.98. The smallest absolute Gasteiger partial charge is 0.243 e. The molecule has 1 unspecified atom stereocenters. The topological polar surface area (TPSA) is 66.5 Å². The molecule has 8 heteroatoms. The number of nitrogens with zero attached hydrogens (tertiary/aromatic N) is 1. The largest absolute Gasteiger partial charge is 0.323 e. The van der Waals surface area contributed by atoms with E-state index < -0.39 is 33.5 Å². The molecule has 138 valence electrons. The maximum atomic E-state index is 13.7. The van der Waals surface area contributed by atoms with Crippen molar-refractivity contribution < 1.29 is 22.0 Å². The van der Waals surface area contributed by atoms with Crippen molar-refractivity contribution in [2.45, 2.75) is 17.7 Å².